The maximum Gasteiger partial charge on any atom is 0.330 e. The Morgan fingerprint density at radius 3 is 2.40 bits per heavy atom. The molecule has 0 fully saturated rings. The fourth-order valence-electron chi connectivity index (χ4n) is 2.78. The lowest BCUT2D eigenvalue weighted by molar-refractivity contribution is 0.668. The second kappa shape index (κ2) is 4.44. The molecule has 0 N–H and O–H groups in total. The van der Waals surface area contributed by atoms with Crippen LogP contribution in [0, 0.1) is 13.8 Å². The Morgan fingerprint density at radius 1 is 1.05 bits per heavy atom. The van der Waals surface area contributed by atoms with Crippen molar-refractivity contribution in [2.45, 2.75) is 40.8 Å². The molecule has 3 aromatic heterocycles. The Labute approximate surface area is 116 Å². The molecule has 3 aromatic rings. The minimum atomic E-state index is 0.00202. The predicted molar refractivity (Wildman–Crippen MR) is 80.1 cm³/mol. The zero-order valence-electron chi connectivity index (χ0n) is 12.3. The third-order valence-corrected chi connectivity index (χ3v) is 3.74. The highest BCUT2D eigenvalue weighted by molar-refractivity contribution is 5.89. The van der Waals surface area contributed by atoms with Crippen molar-refractivity contribution in [3.63, 3.8) is 0 Å². The molecule has 0 aliphatic carbocycles. The minimum Gasteiger partial charge on any atom is -0.291 e. The predicted octanol–water partition coefficient (Wildman–Crippen LogP) is 2.40. The van der Waals surface area contributed by atoms with Crippen molar-refractivity contribution in [3.8, 4) is 0 Å². The van der Waals surface area contributed by atoms with Crippen LogP contribution in [0.1, 0.15) is 25.1 Å². The van der Waals surface area contributed by atoms with Gasteiger partial charge in [0.1, 0.15) is 0 Å². The molecule has 0 aromatic carbocycles. The summed E-state index contributed by atoms with van der Waals surface area (Å²) in [6, 6.07) is 4.08. The molecular weight excluding hydrogens is 252 g/mol. The lowest BCUT2D eigenvalue weighted by Gasteiger charge is -2.05. The fraction of sp³-hybridized carbons (Fsp3) is 0.400. The van der Waals surface area contributed by atoms with Crippen LogP contribution in [0.25, 0.3) is 22.2 Å². The average Bonchev–Trinajstić information content (AvgIpc) is 2.66. The van der Waals surface area contributed by atoms with Crippen LogP contribution in [0.2, 0.25) is 0 Å². The van der Waals surface area contributed by atoms with E-state index in [0.717, 1.165) is 27.8 Å². The van der Waals surface area contributed by atoms with Crippen molar-refractivity contribution in [1.82, 2.24) is 19.1 Å². The Morgan fingerprint density at radius 2 is 1.75 bits per heavy atom. The SMILES string of the molecule is CCn1c(=O)n(CC)c2nc3nc(C)cc(C)c3cc21. The first-order valence-electron chi connectivity index (χ1n) is 6.94. The van der Waals surface area contributed by atoms with Gasteiger partial charge in [0.2, 0.25) is 0 Å². The van der Waals surface area contributed by atoms with E-state index in [1.165, 1.54) is 0 Å². The number of imidazole rings is 1. The molecule has 0 saturated carbocycles. The fourth-order valence-corrected chi connectivity index (χ4v) is 2.78. The van der Waals surface area contributed by atoms with Gasteiger partial charge < -0.3 is 0 Å². The van der Waals surface area contributed by atoms with Crippen molar-refractivity contribution in [3.05, 3.63) is 33.9 Å². The van der Waals surface area contributed by atoms with Crippen LogP contribution in [0.5, 0.6) is 0 Å². The number of rotatable bonds is 2. The summed E-state index contributed by atoms with van der Waals surface area (Å²) in [5, 5.41) is 1.01. The summed E-state index contributed by atoms with van der Waals surface area (Å²) in [5.41, 5.74) is 4.42. The highest BCUT2D eigenvalue weighted by atomic mass is 16.1. The van der Waals surface area contributed by atoms with E-state index in [-0.39, 0.29) is 5.69 Å². The van der Waals surface area contributed by atoms with Crippen LogP contribution < -0.4 is 5.69 Å². The monoisotopic (exact) mass is 270 g/mol. The van der Waals surface area contributed by atoms with Crippen LogP contribution >= 0.6 is 0 Å². The zero-order chi connectivity index (χ0) is 14.4. The number of pyridine rings is 2. The molecule has 0 aliphatic rings. The van der Waals surface area contributed by atoms with Gasteiger partial charge in [-0.05, 0) is 45.4 Å². The van der Waals surface area contributed by atoms with Crippen molar-refractivity contribution in [2.24, 2.45) is 0 Å². The summed E-state index contributed by atoms with van der Waals surface area (Å²) in [6.07, 6.45) is 0. The van der Waals surface area contributed by atoms with Crippen molar-refractivity contribution < 1.29 is 0 Å². The highest BCUT2D eigenvalue weighted by Crippen LogP contribution is 2.21. The molecule has 0 unspecified atom stereocenters. The molecule has 0 saturated heterocycles. The second-order valence-electron chi connectivity index (χ2n) is 5.05. The maximum absolute atomic E-state index is 12.3. The van der Waals surface area contributed by atoms with Gasteiger partial charge in [-0.2, -0.15) is 0 Å². The van der Waals surface area contributed by atoms with E-state index in [1.807, 2.05) is 32.9 Å². The minimum absolute atomic E-state index is 0.00202. The van der Waals surface area contributed by atoms with Gasteiger partial charge in [-0.1, -0.05) is 0 Å². The van der Waals surface area contributed by atoms with Crippen LogP contribution in [-0.2, 0) is 13.1 Å². The molecule has 5 heteroatoms. The van der Waals surface area contributed by atoms with Crippen molar-refractivity contribution in [1.29, 1.82) is 0 Å². The smallest absolute Gasteiger partial charge is 0.291 e. The Balaban J connectivity index is 2.54. The molecule has 3 rings (SSSR count). The molecule has 0 bridgehead atoms. The molecule has 0 spiro atoms. The van der Waals surface area contributed by atoms with Gasteiger partial charge in [-0.3, -0.25) is 9.13 Å². The quantitative estimate of drug-likeness (QED) is 0.718. The third-order valence-electron chi connectivity index (χ3n) is 3.74. The van der Waals surface area contributed by atoms with Crippen LogP contribution in [0.3, 0.4) is 0 Å². The number of nitrogens with zero attached hydrogens (tertiary/aromatic N) is 4. The summed E-state index contributed by atoms with van der Waals surface area (Å²) in [7, 11) is 0. The molecule has 5 nitrogen and oxygen atoms in total. The summed E-state index contributed by atoms with van der Waals surface area (Å²) in [5.74, 6) is 0. The van der Waals surface area contributed by atoms with Crippen LogP contribution in [0.15, 0.2) is 16.9 Å². The van der Waals surface area contributed by atoms with E-state index in [1.54, 1.807) is 9.13 Å². The van der Waals surface area contributed by atoms with E-state index < -0.39 is 0 Å². The summed E-state index contributed by atoms with van der Waals surface area (Å²) in [4.78, 5) is 21.5. The Bertz CT molecular complexity index is 873. The number of aromatic nitrogens is 4. The molecule has 0 amide bonds. The van der Waals surface area contributed by atoms with E-state index in [0.29, 0.717) is 18.7 Å². The number of fused-ring (bicyclic) bond motifs is 2. The molecule has 104 valence electrons. The average molecular weight is 270 g/mol. The lowest BCUT2D eigenvalue weighted by Crippen LogP contribution is -2.23. The van der Waals surface area contributed by atoms with Gasteiger partial charge >= 0.3 is 5.69 Å². The summed E-state index contributed by atoms with van der Waals surface area (Å²) in [6.45, 7) is 9.21. The van der Waals surface area contributed by atoms with Crippen LogP contribution in [-0.4, -0.2) is 19.1 Å². The van der Waals surface area contributed by atoms with Gasteiger partial charge in [-0.25, -0.2) is 14.8 Å². The topological polar surface area (TPSA) is 52.7 Å². The van der Waals surface area contributed by atoms with Crippen molar-refractivity contribution in [2.75, 3.05) is 0 Å². The molecule has 0 radical (unpaired) electrons. The molecule has 0 atom stereocenters. The first-order chi connectivity index (χ1) is 9.56. The maximum atomic E-state index is 12.3. The molecule has 0 aliphatic heterocycles. The number of hydrogen-bond donors (Lipinski definition) is 0. The first kappa shape index (κ1) is 12.8. The highest BCUT2D eigenvalue weighted by Gasteiger charge is 2.14. The molecule has 20 heavy (non-hydrogen) atoms. The summed E-state index contributed by atoms with van der Waals surface area (Å²) >= 11 is 0. The van der Waals surface area contributed by atoms with Gasteiger partial charge in [0.15, 0.2) is 11.3 Å². The van der Waals surface area contributed by atoms with E-state index in [4.69, 9.17) is 0 Å². The number of hydrogen-bond acceptors (Lipinski definition) is 3. The Kier molecular flexibility index (Phi) is 2.85. The largest absolute Gasteiger partial charge is 0.330 e. The van der Waals surface area contributed by atoms with Gasteiger partial charge in [-0.15, -0.1) is 0 Å². The van der Waals surface area contributed by atoms with Gasteiger partial charge in [0.05, 0.1) is 5.52 Å². The standard InChI is InChI=1S/C15H18N4O/c1-5-18-12-8-11-9(3)7-10(4)16-13(11)17-14(12)19(6-2)15(18)20/h7-8H,5-6H2,1-4H3. The first-order valence-corrected chi connectivity index (χ1v) is 6.94. The number of aryl methyl sites for hydroxylation is 4. The van der Waals surface area contributed by atoms with E-state index in [2.05, 4.69) is 16.9 Å². The normalized spacial score (nSPS) is 11.6. The van der Waals surface area contributed by atoms with Gasteiger partial charge in [0, 0.05) is 24.2 Å². The van der Waals surface area contributed by atoms with E-state index in [9.17, 15) is 4.79 Å². The summed E-state index contributed by atoms with van der Waals surface area (Å²) < 4.78 is 3.47. The van der Waals surface area contributed by atoms with E-state index >= 15 is 0 Å². The second-order valence-corrected chi connectivity index (χ2v) is 5.05. The molecular formula is C15H18N4O. The third kappa shape index (κ3) is 1.66. The lowest BCUT2D eigenvalue weighted by atomic mass is 10.1. The van der Waals surface area contributed by atoms with Crippen molar-refractivity contribution >= 4 is 22.2 Å². The molecule has 3 heterocycles. The Hall–Kier alpha value is -2.17. The van der Waals surface area contributed by atoms with Crippen LogP contribution in [0.4, 0.5) is 0 Å². The zero-order valence-corrected chi connectivity index (χ0v) is 12.3. The van der Waals surface area contributed by atoms with Gasteiger partial charge in [0.25, 0.3) is 0 Å².